The molecule has 10 nitrogen and oxygen atoms in total. The van der Waals surface area contributed by atoms with Gasteiger partial charge in [-0.3, -0.25) is 10.1 Å². The lowest BCUT2D eigenvalue weighted by Crippen LogP contribution is -2.45. The number of hydrogen-bond donors (Lipinski definition) is 2. The van der Waals surface area contributed by atoms with Crippen LogP contribution in [0, 0.1) is 16.0 Å². The molecule has 0 aliphatic carbocycles. The van der Waals surface area contributed by atoms with E-state index in [-0.39, 0.29) is 41.9 Å². The Balaban J connectivity index is 2.58. The standard InChI is InChI=1S/C19H25N3O7/c1-6-28-17-13(22(25)26)7-12(8-14(17)27-5)16-15(11(4)20-19(24)21-16)18(23)29-9-10(2)3/h7-8,10,16H,6,9H2,1-5H3,(H2,20,21,24). The Bertz CT molecular complexity index is 848. The van der Waals surface area contributed by atoms with Crippen LogP contribution in [0.25, 0.3) is 0 Å². The third-order valence-electron chi connectivity index (χ3n) is 4.13. The van der Waals surface area contributed by atoms with Crippen LogP contribution in [0.3, 0.4) is 0 Å². The van der Waals surface area contributed by atoms with E-state index < -0.39 is 23.0 Å². The Morgan fingerprint density at radius 3 is 2.59 bits per heavy atom. The van der Waals surface area contributed by atoms with Crippen molar-refractivity contribution in [3.8, 4) is 11.5 Å². The average Bonchev–Trinajstić information content (AvgIpc) is 2.65. The molecule has 0 saturated carbocycles. The zero-order valence-electron chi connectivity index (χ0n) is 17.0. The van der Waals surface area contributed by atoms with Gasteiger partial charge in [0.15, 0.2) is 5.75 Å². The van der Waals surface area contributed by atoms with Crippen LogP contribution in [0.1, 0.15) is 39.3 Å². The summed E-state index contributed by atoms with van der Waals surface area (Å²) in [7, 11) is 1.35. The molecule has 1 unspecified atom stereocenters. The molecule has 1 atom stereocenters. The lowest BCUT2D eigenvalue weighted by Gasteiger charge is -2.28. The van der Waals surface area contributed by atoms with E-state index in [1.165, 1.54) is 19.2 Å². The van der Waals surface area contributed by atoms with Crippen molar-refractivity contribution >= 4 is 17.7 Å². The number of carbonyl (C=O) groups excluding carboxylic acids is 2. The number of benzene rings is 1. The summed E-state index contributed by atoms with van der Waals surface area (Å²) < 4.78 is 16.0. The number of esters is 1. The molecule has 29 heavy (non-hydrogen) atoms. The Labute approximate surface area is 168 Å². The van der Waals surface area contributed by atoms with Gasteiger partial charge in [-0.1, -0.05) is 13.8 Å². The molecule has 1 aromatic carbocycles. The SMILES string of the molecule is CCOc1c(OC)cc(C2NC(=O)NC(C)=C2C(=O)OCC(C)C)cc1[N+](=O)[O-]. The fourth-order valence-electron chi connectivity index (χ4n) is 2.89. The number of amides is 2. The number of carbonyl (C=O) groups is 2. The number of ether oxygens (including phenoxy) is 3. The van der Waals surface area contributed by atoms with Crippen LogP contribution in [-0.2, 0) is 9.53 Å². The molecule has 2 amide bonds. The largest absolute Gasteiger partial charge is 0.493 e. The van der Waals surface area contributed by atoms with Gasteiger partial charge in [0.05, 0.1) is 36.9 Å². The van der Waals surface area contributed by atoms with Crippen molar-refractivity contribution in [3.63, 3.8) is 0 Å². The molecule has 1 heterocycles. The fraction of sp³-hybridized carbons (Fsp3) is 0.474. The van der Waals surface area contributed by atoms with E-state index in [2.05, 4.69) is 10.6 Å². The highest BCUT2D eigenvalue weighted by atomic mass is 16.6. The van der Waals surface area contributed by atoms with Gasteiger partial charge >= 0.3 is 17.7 Å². The summed E-state index contributed by atoms with van der Waals surface area (Å²) in [4.78, 5) is 35.7. The van der Waals surface area contributed by atoms with Crippen LogP contribution in [0.2, 0.25) is 0 Å². The molecule has 2 rings (SSSR count). The maximum atomic E-state index is 12.7. The number of hydrogen-bond acceptors (Lipinski definition) is 7. The summed E-state index contributed by atoms with van der Waals surface area (Å²) in [5, 5.41) is 16.7. The third-order valence-corrected chi connectivity index (χ3v) is 4.13. The highest BCUT2D eigenvalue weighted by molar-refractivity contribution is 5.95. The van der Waals surface area contributed by atoms with Crippen molar-refractivity contribution in [1.82, 2.24) is 10.6 Å². The molecular formula is C19H25N3O7. The Hall–Kier alpha value is -3.30. The van der Waals surface area contributed by atoms with Gasteiger partial charge in [0.2, 0.25) is 5.75 Å². The number of nitro groups is 1. The molecular weight excluding hydrogens is 382 g/mol. The minimum atomic E-state index is -0.952. The van der Waals surface area contributed by atoms with Gasteiger partial charge in [-0.2, -0.15) is 0 Å². The van der Waals surface area contributed by atoms with E-state index in [0.29, 0.717) is 11.3 Å². The molecule has 158 valence electrons. The second-order valence-corrected chi connectivity index (χ2v) is 6.82. The molecule has 0 bridgehead atoms. The van der Waals surface area contributed by atoms with E-state index >= 15 is 0 Å². The van der Waals surface area contributed by atoms with Crippen molar-refractivity contribution in [1.29, 1.82) is 0 Å². The number of allylic oxidation sites excluding steroid dienone is 1. The molecule has 10 heteroatoms. The molecule has 0 radical (unpaired) electrons. The first kappa shape index (κ1) is 22.0. The molecule has 0 fully saturated rings. The summed E-state index contributed by atoms with van der Waals surface area (Å²) in [5.74, 6) is -0.398. The summed E-state index contributed by atoms with van der Waals surface area (Å²) in [5.41, 5.74) is 0.429. The van der Waals surface area contributed by atoms with Crippen LogP contribution in [0.15, 0.2) is 23.4 Å². The van der Waals surface area contributed by atoms with E-state index in [9.17, 15) is 19.7 Å². The molecule has 0 aromatic heterocycles. The van der Waals surface area contributed by atoms with E-state index in [1.807, 2.05) is 13.8 Å². The Morgan fingerprint density at radius 1 is 1.34 bits per heavy atom. The number of rotatable bonds is 8. The first-order valence-electron chi connectivity index (χ1n) is 9.14. The first-order chi connectivity index (χ1) is 13.7. The first-order valence-corrected chi connectivity index (χ1v) is 9.14. The van der Waals surface area contributed by atoms with Gasteiger partial charge in [-0.15, -0.1) is 0 Å². The molecule has 1 aromatic rings. The van der Waals surface area contributed by atoms with E-state index in [4.69, 9.17) is 14.2 Å². The molecule has 1 aliphatic heterocycles. The number of urea groups is 1. The normalized spacial score (nSPS) is 16.2. The summed E-state index contributed by atoms with van der Waals surface area (Å²) >= 11 is 0. The van der Waals surface area contributed by atoms with E-state index in [0.717, 1.165) is 0 Å². The summed E-state index contributed by atoms with van der Waals surface area (Å²) in [6.07, 6.45) is 0. The van der Waals surface area contributed by atoms with Crippen molar-refractivity contribution in [2.75, 3.05) is 20.3 Å². The van der Waals surface area contributed by atoms with Crippen molar-refractivity contribution in [2.24, 2.45) is 5.92 Å². The number of nitrogens with zero attached hydrogens (tertiary/aromatic N) is 1. The topological polar surface area (TPSA) is 129 Å². The van der Waals surface area contributed by atoms with Crippen LogP contribution in [-0.4, -0.2) is 37.2 Å². The lowest BCUT2D eigenvalue weighted by atomic mass is 9.94. The predicted molar refractivity (Wildman–Crippen MR) is 104 cm³/mol. The van der Waals surface area contributed by atoms with E-state index in [1.54, 1.807) is 13.8 Å². The molecule has 0 spiro atoms. The van der Waals surface area contributed by atoms with Crippen molar-refractivity contribution in [2.45, 2.75) is 33.7 Å². The van der Waals surface area contributed by atoms with Crippen molar-refractivity contribution < 1.29 is 28.7 Å². The van der Waals surface area contributed by atoms with Crippen LogP contribution >= 0.6 is 0 Å². The highest BCUT2D eigenvalue weighted by Gasteiger charge is 2.35. The lowest BCUT2D eigenvalue weighted by molar-refractivity contribution is -0.386. The zero-order chi connectivity index (χ0) is 21.7. The number of methoxy groups -OCH3 is 1. The quantitative estimate of drug-likeness (QED) is 0.385. The molecule has 2 N–H and O–H groups in total. The second-order valence-electron chi connectivity index (χ2n) is 6.82. The minimum Gasteiger partial charge on any atom is -0.493 e. The predicted octanol–water partition coefficient (Wildman–Crippen LogP) is 2.83. The summed E-state index contributed by atoms with van der Waals surface area (Å²) in [6.45, 7) is 7.45. The van der Waals surface area contributed by atoms with Gasteiger partial charge in [0, 0.05) is 11.8 Å². The van der Waals surface area contributed by atoms with Gasteiger partial charge in [0.1, 0.15) is 0 Å². The Morgan fingerprint density at radius 2 is 2.03 bits per heavy atom. The fourth-order valence-corrected chi connectivity index (χ4v) is 2.89. The van der Waals surface area contributed by atoms with Gasteiger partial charge < -0.3 is 24.8 Å². The monoisotopic (exact) mass is 407 g/mol. The molecule has 0 saturated heterocycles. The maximum absolute atomic E-state index is 12.7. The van der Waals surface area contributed by atoms with Crippen LogP contribution in [0.5, 0.6) is 11.5 Å². The van der Waals surface area contributed by atoms with Crippen LogP contribution in [0.4, 0.5) is 10.5 Å². The zero-order valence-corrected chi connectivity index (χ0v) is 17.0. The molecule has 1 aliphatic rings. The van der Waals surface area contributed by atoms with Crippen molar-refractivity contribution in [3.05, 3.63) is 39.1 Å². The summed E-state index contributed by atoms with van der Waals surface area (Å²) in [6, 6.07) is 1.26. The number of nitro benzene ring substituents is 1. The highest BCUT2D eigenvalue weighted by Crippen LogP contribution is 2.41. The van der Waals surface area contributed by atoms with Gasteiger partial charge in [0.25, 0.3) is 0 Å². The minimum absolute atomic E-state index is 0.0198. The van der Waals surface area contributed by atoms with Gasteiger partial charge in [-0.25, -0.2) is 9.59 Å². The third kappa shape index (κ3) is 4.95. The second kappa shape index (κ2) is 9.26. The Kier molecular flexibility index (Phi) is 7.03. The average molecular weight is 407 g/mol. The maximum Gasteiger partial charge on any atom is 0.338 e. The van der Waals surface area contributed by atoms with Crippen LogP contribution < -0.4 is 20.1 Å². The smallest absolute Gasteiger partial charge is 0.338 e. The number of nitrogens with one attached hydrogen (secondary N) is 2. The van der Waals surface area contributed by atoms with Gasteiger partial charge in [-0.05, 0) is 31.4 Å².